The number of carbonyl (C=O) groups excluding carboxylic acids is 1. The molecule has 4 aromatic rings. The van der Waals surface area contributed by atoms with Crippen LogP contribution in [0.15, 0.2) is 66.0 Å². The molecule has 2 aromatic heterocycles. The maximum Gasteiger partial charge on any atom is 0.289 e. The van der Waals surface area contributed by atoms with Gasteiger partial charge in [0.2, 0.25) is 5.82 Å². The molecule has 28 heavy (non-hydrogen) atoms. The number of thiophene rings is 1. The number of para-hydroxylation sites is 1. The summed E-state index contributed by atoms with van der Waals surface area (Å²) in [5.74, 6) is 0.520. The van der Waals surface area contributed by atoms with E-state index in [1.807, 2.05) is 66.9 Å². The highest BCUT2D eigenvalue weighted by Crippen LogP contribution is 2.24. The Morgan fingerprint density at radius 2 is 1.82 bits per heavy atom. The zero-order valence-electron chi connectivity index (χ0n) is 15.5. The van der Waals surface area contributed by atoms with Gasteiger partial charge in [0.1, 0.15) is 5.82 Å². The number of aryl methyl sites for hydroxylation is 1. The number of fused-ring (bicyclic) bond motifs is 1. The molecule has 0 saturated heterocycles. The molecule has 0 radical (unpaired) electrons. The van der Waals surface area contributed by atoms with Crippen LogP contribution in [0.25, 0.3) is 10.9 Å². The van der Waals surface area contributed by atoms with Crippen LogP contribution in [-0.2, 0) is 6.42 Å². The number of carbonyl (C=O) groups is 1. The predicted molar refractivity (Wildman–Crippen MR) is 114 cm³/mol. The lowest BCUT2D eigenvalue weighted by Gasteiger charge is -2.11. The first kappa shape index (κ1) is 18.1. The van der Waals surface area contributed by atoms with Crippen molar-refractivity contribution in [3.63, 3.8) is 0 Å². The molecule has 1 amide bonds. The highest BCUT2D eigenvalue weighted by Gasteiger charge is 2.14. The monoisotopic (exact) mass is 388 g/mol. The van der Waals surface area contributed by atoms with Crippen LogP contribution in [0.2, 0.25) is 0 Å². The van der Waals surface area contributed by atoms with E-state index < -0.39 is 0 Å². The smallest absolute Gasteiger partial charge is 0.289 e. The number of amides is 1. The number of hydrogen-bond donors (Lipinski definition) is 2. The fourth-order valence-corrected chi connectivity index (χ4v) is 3.59. The third-order valence-corrected chi connectivity index (χ3v) is 5.29. The summed E-state index contributed by atoms with van der Waals surface area (Å²) < 4.78 is 0. The maximum absolute atomic E-state index is 12.6. The lowest BCUT2D eigenvalue weighted by Crippen LogP contribution is -2.27. The number of nitrogens with zero attached hydrogens (tertiary/aromatic N) is 2. The largest absolute Gasteiger partial charge is 0.349 e. The molecule has 2 heterocycles. The Morgan fingerprint density at radius 3 is 2.61 bits per heavy atom. The van der Waals surface area contributed by atoms with Crippen LogP contribution in [0.4, 0.5) is 11.5 Å². The van der Waals surface area contributed by atoms with E-state index in [1.54, 1.807) is 11.3 Å². The van der Waals surface area contributed by atoms with E-state index in [4.69, 9.17) is 0 Å². The molecule has 0 bridgehead atoms. The van der Waals surface area contributed by atoms with E-state index in [1.165, 1.54) is 10.4 Å². The number of hydrogen-bond acceptors (Lipinski definition) is 5. The molecular formula is C22H20N4OS. The zero-order valence-corrected chi connectivity index (χ0v) is 16.3. The highest BCUT2D eigenvalue weighted by atomic mass is 32.1. The lowest BCUT2D eigenvalue weighted by atomic mass is 10.2. The lowest BCUT2D eigenvalue weighted by molar-refractivity contribution is 0.0944. The van der Waals surface area contributed by atoms with E-state index in [2.05, 4.69) is 26.7 Å². The molecule has 0 aliphatic heterocycles. The Kier molecular flexibility index (Phi) is 5.30. The Morgan fingerprint density at radius 1 is 1.00 bits per heavy atom. The highest BCUT2D eigenvalue weighted by molar-refractivity contribution is 7.09. The summed E-state index contributed by atoms with van der Waals surface area (Å²) >= 11 is 1.68. The van der Waals surface area contributed by atoms with Crippen LogP contribution in [0.3, 0.4) is 0 Å². The number of aromatic nitrogens is 2. The van der Waals surface area contributed by atoms with Crippen molar-refractivity contribution in [3.05, 3.63) is 82.3 Å². The molecule has 5 nitrogen and oxygen atoms in total. The molecule has 0 saturated carbocycles. The van der Waals surface area contributed by atoms with Crippen molar-refractivity contribution in [2.75, 3.05) is 11.9 Å². The molecular weight excluding hydrogens is 368 g/mol. The van der Waals surface area contributed by atoms with E-state index in [9.17, 15) is 4.79 Å². The molecule has 2 aromatic carbocycles. The van der Waals surface area contributed by atoms with E-state index >= 15 is 0 Å². The van der Waals surface area contributed by atoms with Crippen LogP contribution < -0.4 is 10.6 Å². The van der Waals surface area contributed by atoms with Gasteiger partial charge in [0.15, 0.2) is 0 Å². The second kappa shape index (κ2) is 8.19. The van der Waals surface area contributed by atoms with Crippen LogP contribution in [-0.4, -0.2) is 22.4 Å². The van der Waals surface area contributed by atoms with E-state index in [0.29, 0.717) is 12.4 Å². The molecule has 2 N–H and O–H groups in total. The molecule has 6 heteroatoms. The third-order valence-electron chi connectivity index (χ3n) is 4.36. The average molecular weight is 388 g/mol. The van der Waals surface area contributed by atoms with Gasteiger partial charge in [-0.3, -0.25) is 4.79 Å². The number of rotatable bonds is 6. The molecule has 0 unspecified atom stereocenters. The topological polar surface area (TPSA) is 66.9 Å². The Labute approximate surface area is 167 Å². The fourth-order valence-electron chi connectivity index (χ4n) is 2.88. The van der Waals surface area contributed by atoms with Crippen molar-refractivity contribution in [2.24, 2.45) is 0 Å². The van der Waals surface area contributed by atoms with Gasteiger partial charge < -0.3 is 10.6 Å². The number of benzene rings is 2. The maximum atomic E-state index is 12.6. The molecule has 0 atom stereocenters. The van der Waals surface area contributed by atoms with Crippen molar-refractivity contribution in [3.8, 4) is 0 Å². The molecule has 0 fully saturated rings. The fraction of sp³-hybridized carbons (Fsp3) is 0.136. The molecule has 4 rings (SSSR count). The first-order chi connectivity index (χ1) is 13.7. The molecule has 140 valence electrons. The molecule has 0 spiro atoms. The van der Waals surface area contributed by atoms with Crippen molar-refractivity contribution in [1.82, 2.24) is 15.3 Å². The minimum Gasteiger partial charge on any atom is -0.349 e. The summed E-state index contributed by atoms with van der Waals surface area (Å²) in [6.45, 7) is 2.60. The summed E-state index contributed by atoms with van der Waals surface area (Å²) in [6.07, 6.45) is 0.797. The minimum atomic E-state index is -0.269. The Balaban J connectivity index is 1.57. The van der Waals surface area contributed by atoms with Gasteiger partial charge in [0, 0.05) is 22.5 Å². The van der Waals surface area contributed by atoms with Gasteiger partial charge >= 0.3 is 0 Å². The molecule has 0 aliphatic carbocycles. The quantitative estimate of drug-likeness (QED) is 0.502. The first-order valence-corrected chi connectivity index (χ1v) is 9.98. The summed E-state index contributed by atoms with van der Waals surface area (Å²) in [5, 5.41) is 9.14. The average Bonchev–Trinajstić information content (AvgIpc) is 3.23. The van der Waals surface area contributed by atoms with Gasteiger partial charge in [-0.2, -0.15) is 0 Å². The molecule has 0 aliphatic rings. The van der Waals surface area contributed by atoms with Gasteiger partial charge in [-0.05, 0) is 49.1 Å². The Bertz CT molecular complexity index is 1090. The van der Waals surface area contributed by atoms with E-state index in [0.717, 1.165) is 23.0 Å². The Hall–Kier alpha value is -3.25. The summed E-state index contributed by atoms with van der Waals surface area (Å²) in [5.41, 5.74) is 2.83. The number of nitrogens with one attached hydrogen (secondary N) is 2. The summed E-state index contributed by atoms with van der Waals surface area (Å²) in [4.78, 5) is 22.8. The van der Waals surface area contributed by atoms with Gasteiger partial charge in [-0.15, -0.1) is 11.3 Å². The van der Waals surface area contributed by atoms with Crippen LogP contribution in [0.5, 0.6) is 0 Å². The van der Waals surface area contributed by atoms with Crippen LogP contribution in [0.1, 0.15) is 21.1 Å². The van der Waals surface area contributed by atoms with Gasteiger partial charge in [0.25, 0.3) is 5.91 Å². The van der Waals surface area contributed by atoms with Crippen molar-refractivity contribution in [2.45, 2.75) is 13.3 Å². The zero-order chi connectivity index (χ0) is 19.3. The van der Waals surface area contributed by atoms with Gasteiger partial charge in [-0.1, -0.05) is 35.9 Å². The summed E-state index contributed by atoms with van der Waals surface area (Å²) in [7, 11) is 0. The van der Waals surface area contributed by atoms with Gasteiger partial charge in [-0.25, -0.2) is 9.97 Å². The van der Waals surface area contributed by atoms with Gasteiger partial charge in [0.05, 0.1) is 5.52 Å². The second-order valence-electron chi connectivity index (χ2n) is 6.49. The standard InChI is InChI=1S/C22H20N4OS/c1-15-8-10-16(11-9-15)24-20-18-6-2-3-7-19(18)25-21(26-20)22(27)23-13-12-17-5-4-14-28-17/h2-11,14H,12-13H2,1H3,(H,23,27)(H,24,25,26). The minimum absolute atomic E-state index is 0.166. The number of anilines is 2. The van der Waals surface area contributed by atoms with Crippen molar-refractivity contribution < 1.29 is 4.79 Å². The first-order valence-electron chi connectivity index (χ1n) is 9.10. The third kappa shape index (κ3) is 4.18. The van der Waals surface area contributed by atoms with Crippen LogP contribution in [0, 0.1) is 6.92 Å². The van der Waals surface area contributed by atoms with Crippen LogP contribution >= 0.6 is 11.3 Å². The van der Waals surface area contributed by atoms with Crippen molar-refractivity contribution >= 4 is 39.7 Å². The second-order valence-corrected chi connectivity index (χ2v) is 7.52. The normalized spacial score (nSPS) is 10.8. The summed E-state index contributed by atoms with van der Waals surface area (Å²) in [6, 6.07) is 19.8. The predicted octanol–water partition coefficient (Wildman–Crippen LogP) is 4.72. The van der Waals surface area contributed by atoms with Crippen molar-refractivity contribution in [1.29, 1.82) is 0 Å². The SMILES string of the molecule is Cc1ccc(Nc2nc(C(=O)NCCc3cccs3)nc3ccccc23)cc1. The van der Waals surface area contributed by atoms with E-state index in [-0.39, 0.29) is 11.7 Å².